The zero-order valence-corrected chi connectivity index (χ0v) is 16.6. The van der Waals surface area contributed by atoms with Gasteiger partial charge in [-0.1, -0.05) is 68.3 Å². The van der Waals surface area contributed by atoms with Crippen LogP contribution in [-0.4, -0.2) is 21.2 Å². The number of para-hydroxylation sites is 2. The molecule has 1 aliphatic rings. The molecule has 0 spiro atoms. The van der Waals surface area contributed by atoms with E-state index in [1.807, 2.05) is 10.7 Å². The van der Waals surface area contributed by atoms with E-state index >= 15 is 0 Å². The van der Waals surface area contributed by atoms with Crippen molar-refractivity contribution in [3.63, 3.8) is 0 Å². The molecule has 2 aromatic carbocycles. The predicted octanol–water partition coefficient (Wildman–Crippen LogP) is 5.98. The van der Waals surface area contributed by atoms with Crippen molar-refractivity contribution in [2.45, 2.75) is 31.9 Å². The van der Waals surface area contributed by atoms with Crippen molar-refractivity contribution in [2.24, 2.45) is 0 Å². The summed E-state index contributed by atoms with van der Waals surface area (Å²) in [4.78, 5) is 2.44. The van der Waals surface area contributed by atoms with Crippen LogP contribution in [0.1, 0.15) is 19.3 Å². The van der Waals surface area contributed by atoms with Gasteiger partial charge in [0.1, 0.15) is 5.82 Å². The number of benzene rings is 2. The Morgan fingerprint density at radius 2 is 1.41 bits per heavy atom. The molecule has 0 aliphatic carbocycles. The van der Waals surface area contributed by atoms with Gasteiger partial charge in [0.2, 0.25) is 0 Å². The Morgan fingerprint density at radius 3 is 2.14 bits per heavy atom. The van der Waals surface area contributed by atoms with Crippen LogP contribution in [0.3, 0.4) is 0 Å². The van der Waals surface area contributed by atoms with E-state index in [0.717, 1.165) is 11.5 Å². The molecule has 5 rings (SSSR count). The predicted molar refractivity (Wildman–Crippen MR) is 121 cm³/mol. The van der Waals surface area contributed by atoms with Gasteiger partial charge in [-0.25, -0.2) is 4.68 Å². The van der Waals surface area contributed by atoms with Crippen molar-refractivity contribution in [3.05, 3.63) is 91.4 Å². The molecule has 1 fully saturated rings. The number of nitrogens with zero attached hydrogens (tertiary/aromatic N) is 4. The summed E-state index contributed by atoms with van der Waals surface area (Å²) in [5.41, 5.74) is 3.47. The molecule has 0 radical (unpaired) electrons. The van der Waals surface area contributed by atoms with Crippen LogP contribution >= 0.6 is 0 Å². The topological polar surface area (TPSA) is 26.0 Å². The number of hydrogen-bond acceptors (Lipinski definition) is 2. The highest BCUT2D eigenvalue weighted by Crippen LogP contribution is 2.33. The molecule has 144 valence electrons. The van der Waals surface area contributed by atoms with Crippen LogP contribution in [0.2, 0.25) is 12.6 Å². The maximum atomic E-state index is 4.95. The summed E-state index contributed by atoms with van der Waals surface area (Å²) in [5.74, 6) is 1.02. The molecule has 5 heteroatoms. The Morgan fingerprint density at radius 1 is 0.724 bits per heavy atom. The largest absolute Gasteiger partial charge is 0.369 e. The molecule has 29 heavy (non-hydrogen) atoms. The summed E-state index contributed by atoms with van der Waals surface area (Å²) >= 11 is 0. The van der Waals surface area contributed by atoms with Crippen molar-refractivity contribution in [3.8, 4) is 11.4 Å². The standard InChI is InChI=1S/C24H25BN4/c1-4-10-21(11-5-1)27-18-14-23(20-27)29(25-16-8-3-9-17-25)24-15-19-28(26-24)22-12-6-2-7-13-22/h1-2,4-7,10-15,18-20H,3,8-9,16-17H2. The van der Waals surface area contributed by atoms with E-state index in [2.05, 4.69) is 94.7 Å². The molecule has 4 nitrogen and oxygen atoms in total. The molecule has 3 heterocycles. The van der Waals surface area contributed by atoms with Gasteiger partial charge in [-0.2, -0.15) is 5.10 Å². The van der Waals surface area contributed by atoms with Crippen molar-refractivity contribution < 1.29 is 0 Å². The maximum absolute atomic E-state index is 4.95. The molecule has 1 aliphatic heterocycles. The van der Waals surface area contributed by atoms with Gasteiger partial charge in [0.25, 0.3) is 6.85 Å². The molecule has 0 amide bonds. The smallest absolute Gasteiger partial charge is 0.262 e. The highest BCUT2D eigenvalue weighted by Gasteiger charge is 2.29. The molecule has 0 unspecified atom stereocenters. The first-order valence-corrected chi connectivity index (χ1v) is 10.5. The minimum atomic E-state index is 0.495. The minimum Gasteiger partial charge on any atom is -0.369 e. The monoisotopic (exact) mass is 380 g/mol. The van der Waals surface area contributed by atoms with Crippen LogP contribution in [0, 0.1) is 0 Å². The van der Waals surface area contributed by atoms with Crippen LogP contribution < -0.4 is 4.81 Å². The van der Waals surface area contributed by atoms with Gasteiger partial charge in [-0.15, -0.1) is 0 Å². The van der Waals surface area contributed by atoms with Crippen LogP contribution in [0.25, 0.3) is 11.4 Å². The summed E-state index contributed by atoms with van der Waals surface area (Å²) in [6, 6.07) is 25.2. The first-order chi connectivity index (χ1) is 14.4. The van der Waals surface area contributed by atoms with Crippen molar-refractivity contribution in [1.82, 2.24) is 14.3 Å². The fourth-order valence-corrected chi connectivity index (χ4v) is 4.33. The average Bonchev–Trinajstić information content (AvgIpc) is 3.47. The minimum absolute atomic E-state index is 0.495. The average molecular weight is 380 g/mol. The molecule has 0 saturated carbocycles. The number of aromatic nitrogens is 3. The van der Waals surface area contributed by atoms with Crippen LogP contribution in [0.4, 0.5) is 11.5 Å². The first-order valence-electron chi connectivity index (χ1n) is 10.5. The van der Waals surface area contributed by atoms with Gasteiger partial charge in [-0.05, 0) is 36.4 Å². The Labute approximate surface area is 172 Å². The lowest BCUT2D eigenvalue weighted by molar-refractivity contribution is 0.719. The van der Waals surface area contributed by atoms with E-state index in [9.17, 15) is 0 Å². The van der Waals surface area contributed by atoms with Crippen molar-refractivity contribution in [2.75, 3.05) is 4.81 Å². The van der Waals surface area contributed by atoms with E-state index < -0.39 is 0 Å². The fraction of sp³-hybridized carbons (Fsp3) is 0.208. The summed E-state index contributed by atoms with van der Waals surface area (Å²) in [6.45, 7) is 0.495. The molecule has 2 aromatic heterocycles. The summed E-state index contributed by atoms with van der Waals surface area (Å²) < 4.78 is 4.17. The third-order valence-corrected chi connectivity index (χ3v) is 5.79. The highest BCUT2D eigenvalue weighted by atomic mass is 15.3. The third kappa shape index (κ3) is 3.73. The number of hydrogen-bond donors (Lipinski definition) is 0. The lowest BCUT2D eigenvalue weighted by Crippen LogP contribution is -2.37. The Hall–Kier alpha value is -3.21. The van der Waals surface area contributed by atoms with Crippen molar-refractivity contribution in [1.29, 1.82) is 0 Å². The third-order valence-electron chi connectivity index (χ3n) is 5.79. The second-order valence-electron chi connectivity index (χ2n) is 7.73. The van der Waals surface area contributed by atoms with E-state index in [1.165, 1.54) is 43.3 Å². The van der Waals surface area contributed by atoms with Gasteiger partial charge in [0.15, 0.2) is 0 Å². The van der Waals surface area contributed by atoms with Crippen LogP contribution in [-0.2, 0) is 0 Å². The lowest BCUT2D eigenvalue weighted by Gasteiger charge is -2.31. The number of anilines is 2. The Bertz CT molecular complexity index is 971. The zero-order chi connectivity index (χ0) is 19.5. The summed E-state index contributed by atoms with van der Waals surface area (Å²) in [6.07, 6.45) is 12.8. The highest BCUT2D eigenvalue weighted by molar-refractivity contribution is 6.65. The molecule has 0 bridgehead atoms. The van der Waals surface area contributed by atoms with Crippen LogP contribution in [0.5, 0.6) is 0 Å². The van der Waals surface area contributed by atoms with Gasteiger partial charge in [0.05, 0.1) is 5.69 Å². The molecule has 1 saturated heterocycles. The second-order valence-corrected chi connectivity index (χ2v) is 7.73. The van der Waals surface area contributed by atoms with Gasteiger partial charge < -0.3 is 9.38 Å². The first kappa shape index (κ1) is 17.9. The summed E-state index contributed by atoms with van der Waals surface area (Å²) in [5, 5.41) is 4.95. The van der Waals surface area contributed by atoms with Gasteiger partial charge in [-0.3, -0.25) is 0 Å². The van der Waals surface area contributed by atoms with E-state index in [0.29, 0.717) is 6.85 Å². The quantitative estimate of drug-likeness (QED) is 0.398. The van der Waals surface area contributed by atoms with E-state index in [-0.39, 0.29) is 0 Å². The lowest BCUT2D eigenvalue weighted by atomic mass is 9.50. The molecule has 0 N–H and O–H groups in total. The molecular formula is C24H25BN4. The zero-order valence-electron chi connectivity index (χ0n) is 16.6. The van der Waals surface area contributed by atoms with E-state index in [4.69, 9.17) is 5.10 Å². The SMILES string of the molecule is c1ccc(-n2ccc(N(B3CCCCC3)c3ccn(-c4ccccc4)n3)c2)cc1. The van der Waals surface area contributed by atoms with Crippen LogP contribution in [0.15, 0.2) is 91.4 Å². The fourth-order valence-electron chi connectivity index (χ4n) is 4.33. The van der Waals surface area contributed by atoms with Gasteiger partial charge in [0, 0.05) is 30.0 Å². The molecular weight excluding hydrogens is 355 g/mol. The summed E-state index contributed by atoms with van der Waals surface area (Å²) in [7, 11) is 0. The van der Waals surface area contributed by atoms with E-state index in [1.54, 1.807) is 0 Å². The molecule has 4 aromatic rings. The molecule has 0 atom stereocenters. The number of rotatable bonds is 5. The second kappa shape index (κ2) is 8.04. The van der Waals surface area contributed by atoms with Crippen molar-refractivity contribution >= 4 is 18.4 Å². The maximum Gasteiger partial charge on any atom is 0.262 e. The Balaban J connectivity index is 1.51. The van der Waals surface area contributed by atoms with Gasteiger partial charge >= 0.3 is 0 Å². The Kier molecular flexibility index (Phi) is 4.95. The normalized spacial score (nSPS) is 14.1.